The first-order valence-electron chi connectivity index (χ1n) is 6.29. The van der Waals surface area contributed by atoms with E-state index in [2.05, 4.69) is 29.6 Å². The standard InChI is InChI=1S/C15H17NO2/c1-11-7-8-14(18-11)15-9-16-13(10-17-15)12-5-3-2-4-6-12/h2-8,13,15-16H,9-10H2,1H3. The topological polar surface area (TPSA) is 34.4 Å². The van der Waals surface area contributed by atoms with E-state index < -0.39 is 0 Å². The first-order valence-corrected chi connectivity index (χ1v) is 6.29. The molecular formula is C15H17NO2. The summed E-state index contributed by atoms with van der Waals surface area (Å²) < 4.78 is 11.5. The maximum Gasteiger partial charge on any atom is 0.134 e. The Morgan fingerprint density at radius 2 is 1.94 bits per heavy atom. The number of morpholine rings is 1. The molecule has 2 unspecified atom stereocenters. The van der Waals surface area contributed by atoms with E-state index in [-0.39, 0.29) is 12.1 Å². The molecule has 1 aliphatic heterocycles. The summed E-state index contributed by atoms with van der Waals surface area (Å²) in [6.45, 7) is 3.41. The molecule has 2 atom stereocenters. The van der Waals surface area contributed by atoms with Crippen molar-refractivity contribution >= 4 is 0 Å². The van der Waals surface area contributed by atoms with Crippen LogP contribution in [0.25, 0.3) is 0 Å². The SMILES string of the molecule is Cc1ccc(C2CNC(c3ccccc3)CO2)o1. The van der Waals surface area contributed by atoms with Gasteiger partial charge in [0, 0.05) is 6.54 Å². The van der Waals surface area contributed by atoms with Crippen molar-refractivity contribution in [1.82, 2.24) is 5.32 Å². The number of hydrogen-bond acceptors (Lipinski definition) is 3. The van der Waals surface area contributed by atoms with E-state index in [0.717, 1.165) is 18.1 Å². The van der Waals surface area contributed by atoms with E-state index in [1.165, 1.54) is 5.56 Å². The highest BCUT2D eigenvalue weighted by Gasteiger charge is 2.25. The van der Waals surface area contributed by atoms with Crippen LogP contribution < -0.4 is 5.32 Å². The normalized spacial score (nSPS) is 24.1. The number of ether oxygens (including phenoxy) is 1. The molecule has 3 nitrogen and oxygen atoms in total. The minimum absolute atomic E-state index is 0.0265. The smallest absolute Gasteiger partial charge is 0.134 e. The molecule has 94 valence electrons. The maximum atomic E-state index is 5.89. The van der Waals surface area contributed by atoms with Crippen LogP contribution in [0.5, 0.6) is 0 Å². The average Bonchev–Trinajstić information content (AvgIpc) is 2.87. The Morgan fingerprint density at radius 1 is 1.11 bits per heavy atom. The van der Waals surface area contributed by atoms with Crippen LogP contribution >= 0.6 is 0 Å². The summed E-state index contributed by atoms with van der Waals surface area (Å²) in [5, 5.41) is 3.51. The summed E-state index contributed by atoms with van der Waals surface area (Å²) in [7, 11) is 0. The highest BCUT2D eigenvalue weighted by atomic mass is 16.5. The Balaban J connectivity index is 1.65. The molecule has 0 saturated carbocycles. The zero-order valence-electron chi connectivity index (χ0n) is 10.4. The van der Waals surface area contributed by atoms with Crippen LogP contribution in [-0.4, -0.2) is 13.2 Å². The summed E-state index contributed by atoms with van der Waals surface area (Å²) in [6.07, 6.45) is 0.0265. The number of nitrogens with one attached hydrogen (secondary N) is 1. The third-order valence-electron chi connectivity index (χ3n) is 3.29. The van der Waals surface area contributed by atoms with E-state index in [0.29, 0.717) is 6.61 Å². The van der Waals surface area contributed by atoms with Crippen molar-refractivity contribution in [2.24, 2.45) is 0 Å². The molecule has 18 heavy (non-hydrogen) atoms. The quantitative estimate of drug-likeness (QED) is 0.880. The van der Waals surface area contributed by atoms with E-state index in [1.54, 1.807) is 0 Å². The number of furan rings is 1. The second-order valence-corrected chi connectivity index (χ2v) is 4.64. The van der Waals surface area contributed by atoms with E-state index >= 15 is 0 Å². The molecule has 1 aromatic carbocycles. The fourth-order valence-electron chi connectivity index (χ4n) is 2.29. The second-order valence-electron chi connectivity index (χ2n) is 4.64. The van der Waals surface area contributed by atoms with Crippen molar-refractivity contribution in [2.45, 2.75) is 19.1 Å². The van der Waals surface area contributed by atoms with Crippen LogP contribution in [-0.2, 0) is 4.74 Å². The highest BCUT2D eigenvalue weighted by molar-refractivity contribution is 5.20. The molecule has 3 rings (SSSR count). The lowest BCUT2D eigenvalue weighted by atomic mass is 10.1. The molecular weight excluding hydrogens is 226 g/mol. The van der Waals surface area contributed by atoms with Crippen LogP contribution in [0.15, 0.2) is 46.9 Å². The lowest BCUT2D eigenvalue weighted by Gasteiger charge is -2.29. The van der Waals surface area contributed by atoms with Gasteiger partial charge in [-0.3, -0.25) is 0 Å². The number of aryl methyl sites for hydroxylation is 1. The first kappa shape index (κ1) is 11.5. The molecule has 0 spiro atoms. The molecule has 1 aromatic heterocycles. The Hall–Kier alpha value is -1.58. The minimum atomic E-state index is 0.0265. The molecule has 3 heteroatoms. The minimum Gasteiger partial charge on any atom is -0.464 e. The van der Waals surface area contributed by atoms with Gasteiger partial charge in [-0.1, -0.05) is 30.3 Å². The van der Waals surface area contributed by atoms with Gasteiger partial charge in [-0.15, -0.1) is 0 Å². The lowest BCUT2D eigenvalue weighted by Crippen LogP contribution is -2.36. The molecule has 0 aliphatic carbocycles. The fourth-order valence-corrected chi connectivity index (χ4v) is 2.29. The highest BCUT2D eigenvalue weighted by Crippen LogP contribution is 2.26. The predicted octanol–water partition coefficient (Wildman–Crippen LogP) is 2.99. The van der Waals surface area contributed by atoms with Gasteiger partial charge in [0.2, 0.25) is 0 Å². The van der Waals surface area contributed by atoms with Crippen molar-refractivity contribution in [1.29, 1.82) is 0 Å². The molecule has 1 fully saturated rings. The second kappa shape index (κ2) is 4.96. The predicted molar refractivity (Wildman–Crippen MR) is 69.3 cm³/mol. The summed E-state index contributed by atoms with van der Waals surface area (Å²) >= 11 is 0. The zero-order valence-corrected chi connectivity index (χ0v) is 10.4. The third-order valence-corrected chi connectivity index (χ3v) is 3.29. The Kier molecular flexibility index (Phi) is 3.17. The van der Waals surface area contributed by atoms with Gasteiger partial charge in [0.15, 0.2) is 0 Å². The molecule has 1 aliphatic rings. The van der Waals surface area contributed by atoms with Crippen LogP contribution in [0, 0.1) is 6.92 Å². The number of hydrogen-bond donors (Lipinski definition) is 1. The van der Waals surface area contributed by atoms with Crippen molar-refractivity contribution in [3.05, 3.63) is 59.5 Å². The monoisotopic (exact) mass is 243 g/mol. The van der Waals surface area contributed by atoms with Crippen LogP contribution in [0.3, 0.4) is 0 Å². The van der Waals surface area contributed by atoms with E-state index in [9.17, 15) is 0 Å². The van der Waals surface area contributed by atoms with Gasteiger partial charge < -0.3 is 14.5 Å². The van der Waals surface area contributed by atoms with Gasteiger partial charge in [0.1, 0.15) is 17.6 Å². The molecule has 0 amide bonds. The van der Waals surface area contributed by atoms with Gasteiger partial charge in [-0.2, -0.15) is 0 Å². The maximum absolute atomic E-state index is 5.89. The molecule has 0 bridgehead atoms. The van der Waals surface area contributed by atoms with Crippen molar-refractivity contribution < 1.29 is 9.15 Å². The van der Waals surface area contributed by atoms with Gasteiger partial charge in [-0.05, 0) is 24.6 Å². The van der Waals surface area contributed by atoms with Gasteiger partial charge in [-0.25, -0.2) is 0 Å². The molecule has 1 N–H and O–H groups in total. The Labute approximate surface area is 107 Å². The number of benzene rings is 1. The molecule has 2 heterocycles. The summed E-state index contributed by atoms with van der Waals surface area (Å²) in [4.78, 5) is 0. The fraction of sp³-hybridized carbons (Fsp3) is 0.333. The first-order chi connectivity index (χ1) is 8.83. The van der Waals surface area contributed by atoms with Crippen LogP contribution in [0.4, 0.5) is 0 Å². The summed E-state index contributed by atoms with van der Waals surface area (Å²) in [5.41, 5.74) is 1.27. The number of rotatable bonds is 2. The summed E-state index contributed by atoms with van der Waals surface area (Å²) in [5.74, 6) is 1.84. The van der Waals surface area contributed by atoms with E-state index in [4.69, 9.17) is 9.15 Å². The summed E-state index contributed by atoms with van der Waals surface area (Å²) in [6, 6.07) is 14.6. The molecule has 2 aromatic rings. The van der Waals surface area contributed by atoms with Crippen molar-refractivity contribution in [3.8, 4) is 0 Å². The van der Waals surface area contributed by atoms with E-state index in [1.807, 2.05) is 25.1 Å². The lowest BCUT2D eigenvalue weighted by molar-refractivity contribution is -0.00968. The molecule has 1 saturated heterocycles. The van der Waals surface area contributed by atoms with Crippen LogP contribution in [0.2, 0.25) is 0 Å². The Bertz CT molecular complexity index is 498. The van der Waals surface area contributed by atoms with Gasteiger partial charge in [0.05, 0.1) is 12.6 Å². The van der Waals surface area contributed by atoms with Crippen LogP contribution in [0.1, 0.15) is 29.2 Å². The van der Waals surface area contributed by atoms with Gasteiger partial charge >= 0.3 is 0 Å². The Morgan fingerprint density at radius 3 is 2.56 bits per heavy atom. The van der Waals surface area contributed by atoms with Gasteiger partial charge in [0.25, 0.3) is 0 Å². The third kappa shape index (κ3) is 2.33. The average molecular weight is 243 g/mol. The molecule has 0 radical (unpaired) electrons. The van der Waals surface area contributed by atoms with Crippen molar-refractivity contribution in [2.75, 3.05) is 13.2 Å². The zero-order chi connectivity index (χ0) is 12.4. The largest absolute Gasteiger partial charge is 0.464 e. The van der Waals surface area contributed by atoms with Crippen molar-refractivity contribution in [3.63, 3.8) is 0 Å².